The molecule has 2 rings (SSSR count). The minimum atomic E-state index is -0.833. The van der Waals surface area contributed by atoms with Gasteiger partial charge in [-0.3, -0.25) is 4.79 Å². The van der Waals surface area contributed by atoms with Crippen LogP contribution in [-0.4, -0.2) is 49.6 Å². The first-order valence-corrected chi connectivity index (χ1v) is 7.67. The van der Waals surface area contributed by atoms with Gasteiger partial charge in [-0.2, -0.15) is 4.98 Å². The molecule has 23 heavy (non-hydrogen) atoms. The first kappa shape index (κ1) is 19.1. The fraction of sp³-hybridized carbons (Fsp3) is 0.583. The van der Waals surface area contributed by atoms with Crippen molar-refractivity contribution in [1.29, 1.82) is 0 Å². The summed E-state index contributed by atoms with van der Waals surface area (Å²) >= 11 is 1.50. The second-order valence-electron chi connectivity index (χ2n) is 4.34. The zero-order valence-electron chi connectivity index (χ0n) is 13.2. The smallest absolute Gasteiger partial charge is 0.300 e. The second kappa shape index (κ2) is 9.92. The number of carboxylic acid groups (broad SMARTS) is 1. The quantitative estimate of drug-likeness (QED) is 0.670. The van der Waals surface area contributed by atoms with E-state index >= 15 is 0 Å². The number of hydrogen-bond donors (Lipinski definition) is 2. The molecule has 0 aliphatic carbocycles. The molecule has 0 radical (unpaired) electrons. The normalized spacial score (nSPS) is 10.3. The van der Waals surface area contributed by atoms with Gasteiger partial charge in [-0.25, -0.2) is 0 Å². The van der Waals surface area contributed by atoms with Crippen LogP contribution in [0.4, 0.5) is 0 Å². The van der Waals surface area contributed by atoms with Gasteiger partial charge >= 0.3 is 0 Å². The Hall–Kier alpha value is -1.98. The summed E-state index contributed by atoms with van der Waals surface area (Å²) in [6.07, 6.45) is 0.713. The minimum Gasteiger partial charge on any atom is -0.481 e. The Morgan fingerprint density at radius 1 is 1.48 bits per heavy atom. The molecule has 0 aliphatic rings. The summed E-state index contributed by atoms with van der Waals surface area (Å²) in [5, 5.41) is 20.3. The highest BCUT2D eigenvalue weighted by atomic mass is 32.2. The molecule has 2 aromatic heterocycles. The van der Waals surface area contributed by atoms with E-state index in [0.29, 0.717) is 37.0 Å². The Bertz CT molecular complexity index is 610. The van der Waals surface area contributed by atoms with Crippen LogP contribution in [0.25, 0.3) is 0 Å². The molecule has 128 valence electrons. The van der Waals surface area contributed by atoms with E-state index in [2.05, 4.69) is 20.3 Å². The van der Waals surface area contributed by atoms with Crippen molar-refractivity contribution in [3.05, 3.63) is 17.5 Å². The number of aromatic nitrogens is 5. The zero-order chi connectivity index (χ0) is 17.2. The Labute approximate surface area is 137 Å². The van der Waals surface area contributed by atoms with Crippen molar-refractivity contribution >= 4 is 17.7 Å². The summed E-state index contributed by atoms with van der Waals surface area (Å²) < 4.78 is 11.8. The maximum Gasteiger partial charge on any atom is 0.300 e. The Kier molecular flexibility index (Phi) is 8.22. The van der Waals surface area contributed by atoms with Crippen LogP contribution in [0.3, 0.4) is 0 Å². The summed E-state index contributed by atoms with van der Waals surface area (Å²) in [7, 11) is 3.50. The van der Waals surface area contributed by atoms with E-state index in [9.17, 15) is 0 Å². The molecule has 2 aromatic rings. The lowest BCUT2D eigenvalue weighted by Crippen LogP contribution is -2.08. The predicted molar refractivity (Wildman–Crippen MR) is 81.6 cm³/mol. The molecule has 0 aromatic carbocycles. The van der Waals surface area contributed by atoms with Gasteiger partial charge in [0.05, 0.1) is 5.75 Å². The topological polar surface area (TPSA) is 142 Å². The average Bonchev–Trinajstić information content (AvgIpc) is 3.06. The van der Waals surface area contributed by atoms with E-state index in [1.54, 1.807) is 7.11 Å². The summed E-state index contributed by atoms with van der Waals surface area (Å²) in [6, 6.07) is 0. The fourth-order valence-corrected chi connectivity index (χ4v) is 2.25. The number of rotatable bonds is 7. The van der Waals surface area contributed by atoms with Crippen molar-refractivity contribution < 1.29 is 19.2 Å². The van der Waals surface area contributed by atoms with Crippen molar-refractivity contribution in [2.75, 3.05) is 13.7 Å². The zero-order valence-corrected chi connectivity index (χ0v) is 14.0. The van der Waals surface area contributed by atoms with Crippen LogP contribution in [0, 0.1) is 0 Å². The Morgan fingerprint density at radius 2 is 2.17 bits per heavy atom. The van der Waals surface area contributed by atoms with Crippen LogP contribution >= 0.6 is 11.8 Å². The molecular weight excluding hydrogens is 324 g/mol. The molecule has 0 amide bonds. The van der Waals surface area contributed by atoms with Crippen LogP contribution in [-0.2, 0) is 35.4 Å². The van der Waals surface area contributed by atoms with Crippen LogP contribution < -0.4 is 5.73 Å². The third-order valence-corrected chi connectivity index (χ3v) is 3.42. The van der Waals surface area contributed by atoms with Gasteiger partial charge in [0.25, 0.3) is 11.9 Å². The van der Waals surface area contributed by atoms with Gasteiger partial charge in [-0.15, -0.1) is 10.2 Å². The van der Waals surface area contributed by atoms with Gasteiger partial charge in [0.2, 0.25) is 0 Å². The maximum atomic E-state index is 9.00. The molecule has 0 spiro atoms. The Balaban J connectivity index is 0.000000593. The van der Waals surface area contributed by atoms with Gasteiger partial charge in [0.1, 0.15) is 12.4 Å². The molecule has 0 saturated carbocycles. The highest BCUT2D eigenvalue weighted by molar-refractivity contribution is 7.98. The third kappa shape index (κ3) is 6.76. The van der Waals surface area contributed by atoms with Crippen molar-refractivity contribution in [3.63, 3.8) is 0 Å². The first-order valence-electron chi connectivity index (χ1n) is 6.69. The van der Waals surface area contributed by atoms with E-state index in [-0.39, 0.29) is 0 Å². The lowest BCUT2D eigenvalue weighted by atomic mass is 10.4. The van der Waals surface area contributed by atoms with E-state index in [1.165, 1.54) is 11.8 Å². The van der Waals surface area contributed by atoms with Crippen LogP contribution in [0.2, 0.25) is 0 Å². The highest BCUT2D eigenvalue weighted by Gasteiger charge is 2.11. The lowest BCUT2D eigenvalue weighted by Gasteiger charge is -2.00. The van der Waals surface area contributed by atoms with E-state index < -0.39 is 5.97 Å². The van der Waals surface area contributed by atoms with Crippen LogP contribution in [0.15, 0.2) is 9.68 Å². The lowest BCUT2D eigenvalue weighted by molar-refractivity contribution is -0.134. The van der Waals surface area contributed by atoms with E-state index in [1.807, 2.05) is 11.6 Å². The third-order valence-electron chi connectivity index (χ3n) is 2.40. The van der Waals surface area contributed by atoms with Gasteiger partial charge in [0, 0.05) is 27.5 Å². The number of carboxylic acids is 1. The van der Waals surface area contributed by atoms with Crippen LogP contribution in [0.1, 0.15) is 24.5 Å². The Morgan fingerprint density at radius 3 is 2.78 bits per heavy atom. The highest BCUT2D eigenvalue weighted by Crippen LogP contribution is 2.19. The van der Waals surface area contributed by atoms with Crippen molar-refractivity contribution in [2.45, 2.75) is 30.9 Å². The van der Waals surface area contributed by atoms with Crippen molar-refractivity contribution in [1.82, 2.24) is 24.9 Å². The molecule has 11 heteroatoms. The molecule has 0 unspecified atom stereocenters. The SMILES string of the molecule is CC(=O)O.COCc1nc(CSc2nnc(CCN)n2C)no1. The monoisotopic (exact) mass is 344 g/mol. The van der Waals surface area contributed by atoms with Crippen molar-refractivity contribution in [2.24, 2.45) is 12.8 Å². The number of ether oxygens (including phenoxy) is 1. The minimum absolute atomic E-state index is 0.322. The fourth-order valence-electron chi connectivity index (χ4n) is 1.48. The number of nitrogens with two attached hydrogens (primary N) is 1. The van der Waals surface area contributed by atoms with Gasteiger partial charge in [-0.1, -0.05) is 16.9 Å². The van der Waals surface area contributed by atoms with Crippen molar-refractivity contribution in [3.8, 4) is 0 Å². The molecule has 0 fully saturated rings. The summed E-state index contributed by atoms with van der Waals surface area (Å²) in [5.74, 6) is 1.69. The molecule has 0 bridgehead atoms. The number of aliphatic carboxylic acids is 1. The summed E-state index contributed by atoms with van der Waals surface area (Å²) in [4.78, 5) is 13.2. The molecule has 0 aliphatic heterocycles. The number of hydrogen-bond acceptors (Lipinski definition) is 9. The molecular formula is C12H20N6O4S. The first-order chi connectivity index (χ1) is 11.0. The molecule has 2 heterocycles. The van der Waals surface area contributed by atoms with Gasteiger partial charge in [0.15, 0.2) is 11.0 Å². The largest absolute Gasteiger partial charge is 0.481 e. The number of methoxy groups -OCH3 is 1. The molecule has 3 N–H and O–H groups in total. The number of carbonyl (C=O) groups is 1. The summed E-state index contributed by atoms with van der Waals surface area (Å²) in [5.41, 5.74) is 5.50. The maximum absolute atomic E-state index is 9.00. The number of thioether (sulfide) groups is 1. The van der Waals surface area contributed by atoms with E-state index in [4.69, 9.17) is 24.9 Å². The standard InChI is InChI=1S/C10H16N6O2S.C2H4O2/c1-16-8(3-4-11)13-14-10(16)19-6-7-12-9(5-17-2)18-15-7;1-2(3)4/h3-6,11H2,1-2H3;1H3,(H,3,4). The van der Waals surface area contributed by atoms with Crippen LogP contribution in [0.5, 0.6) is 0 Å². The average molecular weight is 344 g/mol. The van der Waals surface area contributed by atoms with E-state index in [0.717, 1.165) is 17.9 Å². The second-order valence-corrected chi connectivity index (χ2v) is 5.28. The van der Waals surface area contributed by atoms with Gasteiger partial charge < -0.3 is 24.7 Å². The summed E-state index contributed by atoms with van der Waals surface area (Å²) in [6.45, 7) is 1.96. The molecule has 0 saturated heterocycles. The molecule has 0 atom stereocenters. The van der Waals surface area contributed by atoms with Gasteiger partial charge in [-0.05, 0) is 6.54 Å². The predicted octanol–water partition coefficient (Wildman–Crippen LogP) is 0.229. The molecule has 10 nitrogen and oxygen atoms in total. The number of nitrogens with zero attached hydrogens (tertiary/aromatic N) is 5.